The van der Waals surface area contributed by atoms with E-state index in [4.69, 9.17) is 14.7 Å². The molecule has 0 radical (unpaired) electrons. The molecular formula is C30H39N7O. The van der Waals surface area contributed by atoms with E-state index in [9.17, 15) is 5.26 Å². The monoisotopic (exact) mass is 513 g/mol. The van der Waals surface area contributed by atoms with Crippen molar-refractivity contribution in [3.63, 3.8) is 0 Å². The Balaban J connectivity index is 1.43. The molecule has 5 rings (SSSR count). The number of likely N-dealkylation sites (N-methyl/N-ethyl adjacent to an activating group) is 1. The van der Waals surface area contributed by atoms with Crippen molar-refractivity contribution in [2.24, 2.45) is 0 Å². The number of hydrogen-bond donors (Lipinski definition) is 1. The third kappa shape index (κ3) is 5.85. The molecule has 1 saturated heterocycles. The molecule has 0 aliphatic carbocycles. The maximum atomic E-state index is 9.26. The maximum absolute atomic E-state index is 9.26. The Morgan fingerprint density at radius 2 is 1.95 bits per heavy atom. The molecule has 38 heavy (non-hydrogen) atoms. The third-order valence-electron chi connectivity index (χ3n) is 7.65. The molecule has 0 amide bonds. The van der Waals surface area contributed by atoms with E-state index in [0.29, 0.717) is 19.0 Å². The summed E-state index contributed by atoms with van der Waals surface area (Å²) in [7, 11) is 0. The molecule has 2 aromatic carbocycles. The molecule has 0 spiro atoms. The van der Waals surface area contributed by atoms with Crippen LogP contribution in [0.25, 0.3) is 10.8 Å². The van der Waals surface area contributed by atoms with Crippen LogP contribution in [0.1, 0.15) is 37.9 Å². The zero-order chi connectivity index (χ0) is 26.3. The molecule has 3 aromatic rings. The van der Waals surface area contributed by atoms with E-state index in [1.807, 2.05) is 0 Å². The van der Waals surface area contributed by atoms with Gasteiger partial charge in [0.25, 0.3) is 0 Å². The first-order valence-electron chi connectivity index (χ1n) is 14.0. The average molecular weight is 514 g/mol. The zero-order valence-electron chi connectivity index (χ0n) is 22.7. The number of ether oxygens (including phenoxy) is 1. The van der Waals surface area contributed by atoms with Crippen molar-refractivity contribution in [2.75, 3.05) is 62.2 Å². The van der Waals surface area contributed by atoms with Crippen LogP contribution in [0.5, 0.6) is 6.01 Å². The highest BCUT2D eigenvalue weighted by atomic mass is 16.5. The fourth-order valence-corrected chi connectivity index (χ4v) is 5.68. The van der Waals surface area contributed by atoms with E-state index in [1.165, 1.54) is 22.0 Å². The fourth-order valence-electron chi connectivity index (χ4n) is 5.68. The maximum Gasteiger partial charge on any atom is 0.318 e. The molecule has 0 saturated carbocycles. The van der Waals surface area contributed by atoms with Gasteiger partial charge in [-0.15, -0.1) is 0 Å². The summed E-state index contributed by atoms with van der Waals surface area (Å²) in [5.74, 6) is 0.980. The number of hydrogen-bond acceptors (Lipinski definition) is 8. The normalized spacial score (nSPS) is 17.5. The topological polar surface area (TPSA) is 80.5 Å². The summed E-state index contributed by atoms with van der Waals surface area (Å²) in [6.45, 7) is 12.0. The van der Waals surface area contributed by atoms with Gasteiger partial charge in [-0.25, -0.2) is 0 Å². The zero-order valence-corrected chi connectivity index (χ0v) is 22.7. The largest absolute Gasteiger partial charge is 0.462 e. The van der Waals surface area contributed by atoms with Crippen molar-refractivity contribution < 1.29 is 4.74 Å². The Kier molecular flexibility index (Phi) is 8.57. The predicted octanol–water partition coefficient (Wildman–Crippen LogP) is 4.00. The lowest BCUT2D eigenvalue weighted by Crippen LogP contribution is -2.51. The van der Waals surface area contributed by atoms with Crippen LogP contribution in [-0.2, 0) is 13.0 Å². The number of nitrogens with zero attached hydrogens (tertiary/aromatic N) is 6. The minimum Gasteiger partial charge on any atom is -0.462 e. The number of piperazine rings is 1. The van der Waals surface area contributed by atoms with Gasteiger partial charge < -0.3 is 24.8 Å². The summed E-state index contributed by atoms with van der Waals surface area (Å²) < 4.78 is 6.19. The van der Waals surface area contributed by atoms with Crippen molar-refractivity contribution in [1.82, 2.24) is 20.2 Å². The minimum absolute atomic E-state index is 0.145. The lowest BCUT2D eigenvalue weighted by molar-refractivity contribution is 0.206. The number of benzene rings is 2. The summed E-state index contributed by atoms with van der Waals surface area (Å²) in [4.78, 5) is 17.1. The summed E-state index contributed by atoms with van der Waals surface area (Å²) in [6, 6.07) is 18.0. The molecule has 1 unspecified atom stereocenters. The quantitative estimate of drug-likeness (QED) is 0.436. The van der Waals surface area contributed by atoms with Crippen molar-refractivity contribution >= 4 is 22.3 Å². The second kappa shape index (κ2) is 12.4. The van der Waals surface area contributed by atoms with Gasteiger partial charge >= 0.3 is 6.01 Å². The second-order valence-electron chi connectivity index (χ2n) is 10.2. The Morgan fingerprint density at radius 3 is 2.79 bits per heavy atom. The fraction of sp³-hybridized carbons (Fsp3) is 0.500. The van der Waals surface area contributed by atoms with Crippen LogP contribution in [-0.4, -0.2) is 73.3 Å². The van der Waals surface area contributed by atoms with Crippen LogP contribution in [0.4, 0.5) is 11.5 Å². The molecule has 1 atom stereocenters. The van der Waals surface area contributed by atoms with E-state index >= 15 is 0 Å². The van der Waals surface area contributed by atoms with Crippen LogP contribution in [0, 0.1) is 11.3 Å². The van der Waals surface area contributed by atoms with Crippen LogP contribution in [0.3, 0.4) is 0 Å². The highest BCUT2D eigenvalue weighted by molar-refractivity contribution is 5.94. The van der Waals surface area contributed by atoms with E-state index in [2.05, 4.69) is 82.4 Å². The third-order valence-corrected chi connectivity index (χ3v) is 7.65. The summed E-state index contributed by atoms with van der Waals surface area (Å²) in [5.41, 5.74) is 3.50. The first kappa shape index (κ1) is 26.2. The van der Waals surface area contributed by atoms with E-state index < -0.39 is 0 Å². The molecule has 2 aliphatic rings. The SMILES string of the molecule is CCCN(CC)CCOc1nc2c(c(N3CCNC(CC#N)C3)n1)CCN(c1cccc3ccccc13)C2. The highest BCUT2D eigenvalue weighted by Gasteiger charge is 2.29. The molecular weight excluding hydrogens is 474 g/mol. The van der Waals surface area contributed by atoms with Gasteiger partial charge in [-0.3, -0.25) is 0 Å². The first-order valence-corrected chi connectivity index (χ1v) is 14.0. The van der Waals surface area contributed by atoms with Crippen molar-refractivity contribution in [3.8, 4) is 12.1 Å². The number of anilines is 2. The molecule has 200 valence electrons. The van der Waals surface area contributed by atoms with Gasteiger partial charge in [0.15, 0.2) is 0 Å². The minimum atomic E-state index is 0.145. The van der Waals surface area contributed by atoms with Crippen LogP contribution in [0.15, 0.2) is 42.5 Å². The van der Waals surface area contributed by atoms with Gasteiger partial charge in [0, 0.05) is 55.4 Å². The second-order valence-corrected chi connectivity index (χ2v) is 10.2. The molecule has 1 aromatic heterocycles. The molecule has 1 fully saturated rings. The first-order chi connectivity index (χ1) is 18.7. The van der Waals surface area contributed by atoms with Crippen LogP contribution < -0.4 is 19.9 Å². The average Bonchev–Trinajstić information content (AvgIpc) is 2.96. The lowest BCUT2D eigenvalue weighted by Gasteiger charge is -2.37. The Bertz CT molecular complexity index is 1270. The summed E-state index contributed by atoms with van der Waals surface area (Å²) in [6.07, 6.45) is 2.50. The number of nitriles is 1. The number of nitrogens with one attached hydrogen (secondary N) is 1. The van der Waals surface area contributed by atoms with Gasteiger partial charge in [-0.2, -0.15) is 15.2 Å². The molecule has 3 heterocycles. The van der Waals surface area contributed by atoms with Gasteiger partial charge in [-0.05, 0) is 37.4 Å². The van der Waals surface area contributed by atoms with Crippen LogP contribution >= 0.6 is 0 Å². The summed E-state index contributed by atoms with van der Waals surface area (Å²) in [5, 5.41) is 15.2. The Labute approximate surface area is 226 Å². The molecule has 0 bridgehead atoms. The molecule has 8 nitrogen and oxygen atoms in total. The lowest BCUT2D eigenvalue weighted by atomic mass is 10.0. The van der Waals surface area contributed by atoms with E-state index in [1.54, 1.807) is 0 Å². The standard InChI is InChI=1S/C30H39N7O/c1-3-16-35(4-2)19-20-38-30-33-27-22-36(28-11-7-9-23-8-5-6-10-25(23)28)17-13-26(27)29(34-30)37-18-15-32-24(21-37)12-14-31/h5-11,24,32H,3-4,12-13,15-22H2,1-2H3. The van der Waals surface area contributed by atoms with Gasteiger partial charge in [0.05, 0.1) is 24.7 Å². The Morgan fingerprint density at radius 1 is 1.08 bits per heavy atom. The van der Waals surface area contributed by atoms with E-state index in [0.717, 1.165) is 76.7 Å². The summed E-state index contributed by atoms with van der Waals surface area (Å²) >= 11 is 0. The van der Waals surface area contributed by atoms with Gasteiger partial charge in [0.1, 0.15) is 12.4 Å². The van der Waals surface area contributed by atoms with E-state index in [-0.39, 0.29) is 6.04 Å². The van der Waals surface area contributed by atoms with Crippen molar-refractivity contribution in [2.45, 2.75) is 45.7 Å². The number of rotatable bonds is 10. The molecule has 8 heteroatoms. The van der Waals surface area contributed by atoms with Gasteiger partial charge in [-0.1, -0.05) is 50.2 Å². The van der Waals surface area contributed by atoms with Crippen molar-refractivity contribution in [3.05, 3.63) is 53.7 Å². The molecule has 2 aliphatic heterocycles. The van der Waals surface area contributed by atoms with Crippen LogP contribution in [0.2, 0.25) is 0 Å². The predicted molar refractivity (Wildman–Crippen MR) is 153 cm³/mol. The molecule has 1 N–H and O–H groups in total. The smallest absolute Gasteiger partial charge is 0.318 e. The number of aromatic nitrogens is 2. The van der Waals surface area contributed by atoms with Crippen molar-refractivity contribution in [1.29, 1.82) is 5.26 Å². The van der Waals surface area contributed by atoms with Gasteiger partial charge in [0.2, 0.25) is 0 Å². The Hall–Kier alpha value is -3.41. The number of fused-ring (bicyclic) bond motifs is 2. The highest BCUT2D eigenvalue weighted by Crippen LogP contribution is 2.34.